The second-order valence-corrected chi connectivity index (χ2v) is 8.82. The van der Waals surface area contributed by atoms with E-state index in [-0.39, 0.29) is 5.41 Å². The number of nitrogens with zero attached hydrogens (tertiary/aromatic N) is 1. The molecular formula is C17H23NO4S. The maximum absolute atomic E-state index is 12.4. The Morgan fingerprint density at radius 1 is 1.09 bits per heavy atom. The lowest BCUT2D eigenvalue weighted by molar-refractivity contribution is -0.299. The summed E-state index contributed by atoms with van der Waals surface area (Å²) in [5, 5.41) is 1.28. The van der Waals surface area contributed by atoms with Crippen LogP contribution in [0.15, 0.2) is 29.7 Å². The Hall–Kier alpha value is -1.21. The lowest BCUT2D eigenvalue weighted by Gasteiger charge is -2.52. The summed E-state index contributed by atoms with van der Waals surface area (Å²) < 4.78 is 37.5. The van der Waals surface area contributed by atoms with Gasteiger partial charge in [0.05, 0.1) is 13.2 Å². The highest BCUT2D eigenvalue weighted by atomic mass is 32.2. The highest BCUT2D eigenvalue weighted by molar-refractivity contribution is 7.92. The Labute approximate surface area is 137 Å². The Morgan fingerprint density at radius 2 is 1.65 bits per heavy atom. The molecule has 2 aliphatic heterocycles. The number of hydrogen-bond donors (Lipinski definition) is 0. The molecule has 1 aromatic carbocycles. The molecule has 5 nitrogen and oxygen atoms in total. The lowest BCUT2D eigenvalue weighted by Crippen LogP contribution is -2.65. The Balaban J connectivity index is 1.61. The number of rotatable bonds is 3. The van der Waals surface area contributed by atoms with E-state index in [4.69, 9.17) is 9.47 Å². The summed E-state index contributed by atoms with van der Waals surface area (Å²) >= 11 is 0. The van der Waals surface area contributed by atoms with Crippen LogP contribution in [-0.4, -0.2) is 44.8 Å². The molecule has 0 radical (unpaired) electrons. The fourth-order valence-corrected chi connectivity index (χ4v) is 4.14. The molecule has 2 fully saturated rings. The number of aryl methyl sites for hydroxylation is 1. The monoisotopic (exact) mass is 337 g/mol. The van der Waals surface area contributed by atoms with E-state index >= 15 is 0 Å². The van der Waals surface area contributed by atoms with Crippen LogP contribution in [0, 0.1) is 12.3 Å². The first-order chi connectivity index (χ1) is 10.7. The van der Waals surface area contributed by atoms with Crippen molar-refractivity contribution in [1.29, 1.82) is 0 Å². The smallest absolute Gasteiger partial charge is 0.236 e. The Bertz CT molecular complexity index is 689. The fourth-order valence-electron chi connectivity index (χ4n) is 2.73. The van der Waals surface area contributed by atoms with Crippen molar-refractivity contribution in [3.63, 3.8) is 0 Å². The minimum absolute atomic E-state index is 0.194. The largest absolute Gasteiger partial charge is 0.350 e. The molecule has 0 amide bonds. The van der Waals surface area contributed by atoms with Crippen molar-refractivity contribution >= 4 is 16.1 Å². The highest BCUT2D eigenvalue weighted by Crippen LogP contribution is 2.39. The molecule has 126 valence electrons. The van der Waals surface area contributed by atoms with Crippen LogP contribution in [-0.2, 0) is 19.5 Å². The van der Waals surface area contributed by atoms with Gasteiger partial charge in [-0.1, -0.05) is 29.8 Å². The first kappa shape index (κ1) is 16.6. The van der Waals surface area contributed by atoms with Crippen LogP contribution in [0.3, 0.4) is 0 Å². The van der Waals surface area contributed by atoms with E-state index in [0.717, 1.165) is 11.1 Å². The molecular weight excluding hydrogens is 314 g/mol. The minimum Gasteiger partial charge on any atom is -0.350 e. The number of hydrogen-bond acceptors (Lipinski definition) is 4. The average Bonchev–Trinajstić information content (AvgIpc) is 2.45. The number of benzene rings is 1. The minimum atomic E-state index is -3.39. The van der Waals surface area contributed by atoms with Crippen molar-refractivity contribution in [2.75, 3.05) is 26.3 Å². The van der Waals surface area contributed by atoms with Gasteiger partial charge < -0.3 is 9.47 Å². The molecule has 3 rings (SSSR count). The van der Waals surface area contributed by atoms with Gasteiger partial charge in [0.15, 0.2) is 5.79 Å². The van der Waals surface area contributed by atoms with E-state index in [1.54, 1.807) is 6.08 Å². The first-order valence-electron chi connectivity index (χ1n) is 7.73. The fraction of sp³-hybridized carbons (Fsp3) is 0.529. The van der Waals surface area contributed by atoms with Crippen LogP contribution in [0.4, 0.5) is 0 Å². The maximum Gasteiger partial charge on any atom is 0.236 e. The van der Waals surface area contributed by atoms with Crippen molar-refractivity contribution < 1.29 is 17.9 Å². The van der Waals surface area contributed by atoms with Gasteiger partial charge in [0.25, 0.3) is 0 Å². The van der Waals surface area contributed by atoms with Crippen molar-refractivity contribution in [2.24, 2.45) is 5.41 Å². The van der Waals surface area contributed by atoms with Gasteiger partial charge in [-0.2, -0.15) is 4.31 Å². The molecule has 0 saturated carbocycles. The second-order valence-electron chi connectivity index (χ2n) is 7.00. The van der Waals surface area contributed by atoms with Crippen LogP contribution >= 0.6 is 0 Å². The summed E-state index contributed by atoms with van der Waals surface area (Å²) in [5.74, 6) is -0.574. The third-order valence-electron chi connectivity index (χ3n) is 4.35. The summed E-state index contributed by atoms with van der Waals surface area (Å²) in [6, 6.07) is 7.74. The molecule has 0 N–H and O–H groups in total. The predicted octanol–water partition coefficient (Wildman–Crippen LogP) is 2.38. The van der Waals surface area contributed by atoms with Crippen molar-refractivity contribution in [1.82, 2.24) is 4.31 Å². The van der Waals surface area contributed by atoms with Crippen molar-refractivity contribution in [3.8, 4) is 0 Å². The molecule has 0 aliphatic carbocycles. The van der Waals surface area contributed by atoms with Crippen LogP contribution in [0.25, 0.3) is 6.08 Å². The molecule has 2 aliphatic rings. The summed E-state index contributed by atoms with van der Waals surface area (Å²) in [6.07, 6.45) is 1.64. The van der Waals surface area contributed by atoms with Crippen molar-refractivity contribution in [2.45, 2.75) is 26.6 Å². The number of ether oxygens (including phenoxy) is 2. The zero-order valence-corrected chi connectivity index (χ0v) is 14.6. The Kier molecular flexibility index (Phi) is 4.13. The molecule has 0 bridgehead atoms. The molecule has 1 aromatic rings. The third kappa shape index (κ3) is 3.66. The first-order valence-corrected chi connectivity index (χ1v) is 9.23. The lowest BCUT2D eigenvalue weighted by atomic mass is 9.82. The van der Waals surface area contributed by atoms with Crippen LogP contribution in [0.1, 0.15) is 25.0 Å². The normalized spacial score (nSPS) is 24.0. The van der Waals surface area contributed by atoms with E-state index in [9.17, 15) is 8.42 Å². The zero-order valence-electron chi connectivity index (χ0n) is 13.8. The van der Waals surface area contributed by atoms with E-state index in [1.165, 1.54) is 9.71 Å². The van der Waals surface area contributed by atoms with E-state index in [0.29, 0.717) is 26.3 Å². The molecule has 1 spiro atoms. The molecule has 6 heteroatoms. The molecule has 23 heavy (non-hydrogen) atoms. The third-order valence-corrected chi connectivity index (χ3v) is 5.80. The van der Waals surface area contributed by atoms with E-state index < -0.39 is 15.8 Å². The summed E-state index contributed by atoms with van der Waals surface area (Å²) in [7, 11) is -3.39. The van der Waals surface area contributed by atoms with Gasteiger partial charge in [0, 0.05) is 23.9 Å². The maximum atomic E-state index is 12.4. The van der Waals surface area contributed by atoms with Gasteiger partial charge in [-0.05, 0) is 32.4 Å². The van der Waals surface area contributed by atoms with Gasteiger partial charge in [-0.3, -0.25) is 0 Å². The summed E-state index contributed by atoms with van der Waals surface area (Å²) in [4.78, 5) is 0. The van der Waals surface area contributed by atoms with Gasteiger partial charge in [0.2, 0.25) is 10.0 Å². The topological polar surface area (TPSA) is 55.8 Å². The molecule has 2 saturated heterocycles. The quantitative estimate of drug-likeness (QED) is 0.850. The molecule has 0 atom stereocenters. The Morgan fingerprint density at radius 3 is 2.22 bits per heavy atom. The van der Waals surface area contributed by atoms with Gasteiger partial charge in [0.1, 0.15) is 0 Å². The van der Waals surface area contributed by atoms with Crippen LogP contribution in [0.5, 0.6) is 0 Å². The zero-order chi connectivity index (χ0) is 16.7. The van der Waals surface area contributed by atoms with E-state index in [2.05, 4.69) is 0 Å². The van der Waals surface area contributed by atoms with Crippen molar-refractivity contribution in [3.05, 3.63) is 40.8 Å². The van der Waals surface area contributed by atoms with Crippen LogP contribution < -0.4 is 0 Å². The predicted molar refractivity (Wildman–Crippen MR) is 89.1 cm³/mol. The van der Waals surface area contributed by atoms with E-state index in [1.807, 2.05) is 45.0 Å². The summed E-state index contributed by atoms with van der Waals surface area (Å²) in [6.45, 7) is 7.71. The highest BCUT2D eigenvalue weighted by Gasteiger charge is 2.51. The van der Waals surface area contributed by atoms with Gasteiger partial charge in [-0.25, -0.2) is 8.42 Å². The average molecular weight is 337 g/mol. The summed E-state index contributed by atoms with van der Waals surface area (Å²) in [5.41, 5.74) is 1.83. The molecule has 0 aromatic heterocycles. The number of sulfonamides is 1. The molecule has 0 unspecified atom stereocenters. The van der Waals surface area contributed by atoms with Gasteiger partial charge >= 0.3 is 0 Å². The second kappa shape index (κ2) is 5.70. The standard InChI is InChI=1S/C17H23NO4S/c1-14-4-6-15(7-5-14)8-9-23(19,20)18-10-17(11-18)12-21-16(2,3)22-13-17/h4-9H,10-13H2,1-3H3/b9-8+. The van der Waals surface area contributed by atoms with Crippen LogP contribution in [0.2, 0.25) is 0 Å². The SMILES string of the molecule is Cc1ccc(/C=C/S(=O)(=O)N2CC3(COC(C)(C)OC3)C2)cc1. The molecule has 2 heterocycles. The van der Waals surface area contributed by atoms with Gasteiger partial charge in [-0.15, -0.1) is 0 Å².